The van der Waals surface area contributed by atoms with Crippen molar-refractivity contribution in [1.82, 2.24) is 20.8 Å². The molecule has 1 amide bonds. The van der Waals surface area contributed by atoms with E-state index in [-0.39, 0.29) is 17.4 Å². The van der Waals surface area contributed by atoms with Gasteiger partial charge in [0.2, 0.25) is 0 Å². The van der Waals surface area contributed by atoms with Gasteiger partial charge < -0.3 is 10.6 Å². The van der Waals surface area contributed by atoms with Crippen LogP contribution in [0.1, 0.15) is 50.3 Å². The number of carbonyl (C=O) groups excluding carboxylic acids is 1. The molecule has 2 atom stereocenters. The Morgan fingerprint density at radius 3 is 2.79 bits per heavy atom. The van der Waals surface area contributed by atoms with E-state index >= 15 is 0 Å². The molecular formula is C14H24N4O. The number of hydrogen-bond donors (Lipinski definition) is 3. The number of nitrogens with zero attached hydrogens (tertiary/aromatic N) is 1. The van der Waals surface area contributed by atoms with Gasteiger partial charge in [-0.1, -0.05) is 27.7 Å². The maximum atomic E-state index is 12.2. The van der Waals surface area contributed by atoms with Gasteiger partial charge in [0.25, 0.3) is 5.91 Å². The van der Waals surface area contributed by atoms with Gasteiger partial charge in [0.05, 0.1) is 0 Å². The number of aromatic nitrogens is 2. The van der Waals surface area contributed by atoms with Gasteiger partial charge in [0.15, 0.2) is 0 Å². The van der Waals surface area contributed by atoms with Crippen molar-refractivity contribution in [3.8, 4) is 0 Å². The predicted molar refractivity (Wildman–Crippen MR) is 75.2 cm³/mol. The standard InChI is InChI=1S/C14H24N4O/c1-9-8-15-6-5-10(9)16-13(19)11-7-12(18-17-11)14(2,3)4/h7,9-10,15H,5-6,8H2,1-4H3,(H,16,19)(H,17,18). The lowest BCUT2D eigenvalue weighted by Crippen LogP contribution is -2.48. The number of aromatic amines is 1. The van der Waals surface area contributed by atoms with Gasteiger partial charge in [-0.25, -0.2) is 0 Å². The number of amides is 1. The first kappa shape index (κ1) is 14.1. The lowest BCUT2D eigenvalue weighted by molar-refractivity contribution is 0.0909. The Kier molecular flexibility index (Phi) is 3.94. The second-order valence-electron chi connectivity index (χ2n) is 6.47. The highest BCUT2D eigenvalue weighted by molar-refractivity contribution is 5.92. The summed E-state index contributed by atoms with van der Waals surface area (Å²) in [7, 11) is 0. The van der Waals surface area contributed by atoms with Crippen molar-refractivity contribution in [1.29, 1.82) is 0 Å². The van der Waals surface area contributed by atoms with Crippen molar-refractivity contribution in [2.75, 3.05) is 13.1 Å². The minimum Gasteiger partial charge on any atom is -0.348 e. The van der Waals surface area contributed by atoms with E-state index in [0.29, 0.717) is 11.6 Å². The Labute approximate surface area is 114 Å². The second kappa shape index (κ2) is 5.33. The van der Waals surface area contributed by atoms with E-state index in [0.717, 1.165) is 25.2 Å². The van der Waals surface area contributed by atoms with Crippen molar-refractivity contribution in [3.05, 3.63) is 17.5 Å². The van der Waals surface area contributed by atoms with Gasteiger partial charge in [-0.05, 0) is 31.5 Å². The first-order valence-corrected chi connectivity index (χ1v) is 6.95. The molecule has 1 aliphatic heterocycles. The Morgan fingerprint density at radius 2 is 2.21 bits per heavy atom. The highest BCUT2D eigenvalue weighted by atomic mass is 16.2. The van der Waals surface area contributed by atoms with E-state index in [4.69, 9.17) is 0 Å². The van der Waals surface area contributed by atoms with Crippen LogP contribution in [0.3, 0.4) is 0 Å². The summed E-state index contributed by atoms with van der Waals surface area (Å²) >= 11 is 0. The molecular weight excluding hydrogens is 240 g/mol. The third-order valence-electron chi connectivity index (χ3n) is 3.72. The number of piperidine rings is 1. The summed E-state index contributed by atoms with van der Waals surface area (Å²) < 4.78 is 0. The molecule has 1 aromatic rings. The van der Waals surface area contributed by atoms with Gasteiger partial charge in [0.1, 0.15) is 5.69 Å². The first-order valence-electron chi connectivity index (χ1n) is 6.95. The van der Waals surface area contributed by atoms with Crippen LogP contribution in [0.5, 0.6) is 0 Å². The van der Waals surface area contributed by atoms with Crippen molar-refractivity contribution >= 4 is 5.91 Å². The Hall–Kier alpha value is -1.36. The fraction of sp³-hybridized carbons (Fsp3) is 0.714. The van der Waals surface area contributed by atoms with Gasteiger partial charge >= 0.3 is 0 Å². The SMILES string of the molecule is CC1CNCCC1NC(=O)c1cc(C(C)(C)C)[nH]n1. The molecule has 0 radical (unpaired) electrons. The van der Waals surface area contributed by atoms with Crippen LogP contribution in [0.4, 0.5) is 0 Å². The molecule has 19 heavy (non-hydrogen) atoms. The van der Waals surface area contributed by atoms with Crippen LogP contribution in [0, 0.1) is 5.92 Å². The fourth-order valence-corrected chi connectivity index (χ4v) is 2.29. The minimum absolute atomic E-state index is 0.0203. The quantitative estimate of drug-likeness (QED) is 0.757. The summed E-state index contributed by atoms with van der Waals surface area (Å²) in [6.45, 7) is 10.4. The molecule has 0 aliphatic carbocycles. The molecule has 3 N–H and O–H groups in total. The maximum absolute atomic E-state index is 12.2. The minimum atomic E-state index is -0.0782. The molecule has 0 bridgehead atoms. The highest BCUT2D eigenvalue weighted by Crippen LogP contribution is 2.20. The molecule has 1 aromatic heterocycles. The zero-order chi connectivity index (χ0) is 14.0. The largest absolute Gasteiger partial charge is 0.348 e. The summed E-state index contributed by atoms with van der Waals surface area (Å²) in [4.78, 5) is 12.2. The number of nitrogens with one attached hydrogen (secondary N) is 3. The molecule has 2 rings (SSSR count). The predicted octanol–water partition coefficient (Wildman–Crippen LogP) is 1.43. The second-order valence-corrected chi connectivity index (χ2v) is 6.47. The molecule has 1 fully saturated rings. The lowest BCUT2D eigenvalue weighted by atomic mass is 9.92. The monoisotopic (exact) mass is 264 g/mol. The molecule has 2 heterocycles. The summed E-state index contributed by atoms with van der Waals surface area (Å²) in [5.74, 6) is 0.379. The normalized spacial score (nSPS) is 24.2. The average Bonchev–Trinajstić information content (AvgIpc) is 2.81. The van der Waals surface area contributed by atoms with Gasteiger partial charge in [-0.2, -0.15) is 5.10 Å². The number of H-pyrrole nitrogens is 1. The van der Waals surface area contributed by atoms with E-state index in [1.807, 2.05) is 6.07 Å². The molecule has 1 aliphatic rings. The van der Waals surface area contributed by atoms with Crippen LogP contribution in [0.2, 0.25) is 0 Å². The Morgan fingerprint density at radius 1 is 1.47 bits per heavy atom. The molecule has 2 unspecified atom stereocenters. The smallest absolute Gasteiger partial charge is 0.272 e. The van der Waals surface area contributed by atoms with Crippen molar-refractivity contribution < 1.29 is 4.79 Å². The molecule has 5 heteroatoms. The third kappa shape index (κ3) is 3.35. The lowest BCUT2D eigenvalue weighted by Gasteiger charge is -2.29. The van der Waals surface area contributed by atoms with Crippen LogP contribution in [0.15, 0.2) is 6.07 Å². The summed E-state index contributed by atoms with van der Waals surface area (Å²) in [6.07, 6.45) is 0.976. The first-order chi connectivity index (χ1) is 8.88. The van der Waals surface area contributed by atoms with Crippen molar-refractivity contribution in [3.63, 3.8) is 0 Å². The maximum Gasteiger partial charge on any atom is 0.272 e. The van der Waals surface area contributed by atoms with Crippen LogP contribution in [-0.4, -0.2) is 35.2 Å². The van der Waals surface area contributed by atoms with Gasteiger partial charge in [-0.3, -0.25) is 9.89 Å². The highest BCUT2D eigenvalue weighted by Gasteiger charge is 2.25. The van der Waals surface area contributed by atoms with Gasteiger partial charge in [-0.15, -0.1) is 0 Å². The van der Waals surface area contributed by atoms with Crippen LogP contribution < -0.4 is 10.6 Å². The number of rotatable bonds is 2. The summed E-state index contributed by atoms with van der Waals surface area (Å²) in [5, 5.41) is 13.5. The van der Waals surface area contributed by atoms with Crippen molar-refractivity contribution in [2.45, 2.75) is 45.6 Å². The molecule has 106 valence electrons. The Balaban J connectivity index is 2.01. The van der Waals surface area contributed by atoms with E-state index < -0.39 is 0 Å². The van der Waals surface area contributed by atoms with Crippen molar-refractivity contribution in [2.24, 2.45) is 5.92 Å². The van der Waals surface area contributed by atoms with Crippen LogP contribution in [0.25, 0.3) is 0 Å². The zero-order valence-electron chi connectivity index (χ0n) is 12.2. The Bertz CT molecular complexity index is 447. The number of carbonyl (C=O) groups is 1. The topological polar surface area (TPSA) is 69.8 Å². The van der Waals surface area contributed by atoms with E-state index in [1.54, 1.807) is 0 Å². The molecule has 0 spiro atoms. The number of hydrogen-bond acceptors (Lipinski definition) is 3. The van der Waals surface area contributed by atoms with E-state index in [9.17, 15) is 4.79 Å². The molecule has 5 nitrogen and oxygen atoms in total. The molecule has 1 saturated heterocycles. The van der Waals surface area contributed by atoms with E-state index in [2.05, 4.69) is 48.5 Å². The zero-order valence-corrected chi connectivity index (χ0v) is 12.2. The van der Waals surface area contributed by atoms with Crippen LogP contribution >= 0.6 is 0 Å². The average molecular weight is 264 g/mol. The summed E-state index contributed by atoms with van der Waals surface area (Å²) in [5.41, 5.74) is 1.44. The van der Waals surface area contributed by atoms with Gasteiger partial charge in [0, 0.05) is 17.2 Å². The molecule has 0 saturated carbocycles. The van der Waals surface area contributed by atoms with E-state index in [1.165, 1.54) is 0 Å². The fourth-order valence-electron chi connectivity index (χ4n) is 2.29. The molecule has 0 aromatic carbocycles. The third-order valence-corrected chi connectivity index (χ3v) is 3.72. The van der Waals surface area contributed by atoms with Crippen LogP contribution in [-0.2, 0) is 5.41 Å². The summed E-state index contributed by atoms with van der Waals surface area (Å²) in [6, 6.07) is 2.09.